The maximum atomic E-state index is 13.0. The lowest BCUT2D eigenvalue weighted by molar-refractivity contribution is -0.140. The molecule has 0 radical (unpaired) electrons. The number of hydrogen-bond donors (Lipinski definition) is 0. The summed E-state index contributed by atoms with van der Waals surface area (Å²) in [5.74, 6) is 0. The van der Waals surface area contributed by atoms with Crippen LogP contribution in [0.1, 0.15) is 58.5 Å². The summed E-state index contributed by atoms with van der Waals surface area (Å²) < 4.78 is 40.6. The number of alkyl halides is 3. The average Bonchev–Trinajstić information content (AvgIpc) is 2.68. The first kappa shape index (κ1) is 15.9. The van der Waals surface area contributed by atoms with Crippen LogP contribution in [0.5, 0.6) is 0 Å². The molecule has 2 aromatic rings. The van der Waals surface area contributed by atoms with E-state index in [0.29, 0.717) is 5.65 Å². The Hall–Kier alpha value is -1.52. The van der Waals surface area contributed by atoms with E-state index in [1.54, 1.807) is 4.40 Å². The van der Waals surface area contributed by atoms with Crippen molar-refractivity contribution in [2.45, 2.75) is 58.5 Å². The smallest absolute Gasteiger partial charge is 0.303 e. The molecule has 116 valence electrons. The highest BCUT2D eigenvalue weighted by molar-refractivity contribution is 5.54. The van der Waals surface area contributed by atoms with E-state index < -0.39 is 11.9 Å². The van der Waals surface area contributed by atoms with Crippen LogP contribution in [-0.4, -0.2) is 9.38 Å². The molecule has 2 aromatic heterocycles. The van der Waals surface area contributed by atoms with Crippen LogP contribution in [0.3, 0.4) is 0 Å². The van der Waals surface area contributed by atoms with Gasteiger partial charge in [0.1, 0.15) is 5.65 Å². The summed E-state index contributed by atoms with van der Waals surface area (Å²) in [6.07, 6.45) is -3.33. The Morgan fingerprint density at radius 1 is 0.905 bits per heavy atom. The standard InChI is InChI=1S/C16H21F3N2/c1-14(2,3)10-7-8-12(15(4,5)6)21-9-11(16(17,18)19)20-13(10)21/h7-9H,1-6H3. The second-order valence-electron chi connectivity index (χ2n) is 7.45. The number of pyridine rings is 1. The molecule has 0 aromatic carbocycles. The number of rotatable bonds is 0. The molecule has 0 unspecified atom stereocenters. The Labute approximate surface area is 123 Å². The lowest BCUT2D eigenvalue weighted by Gasteiger charge is -2.25. The van der Waals surface area contributed by atoms with E-state index in [-0.39, 0.29) is 10.8 Å². The van der Waals surface area contributed by atoms with Crippen molar-refractivity contribution < 1.29 is 13.2 Å². The Bertz CT molecular complexity index is 617. The zero-order chi connectivity index (χ0) is 16.2. The zero-order valence-electron chi connectivity index (χ0n) is 13.3. The summed E-state index contributed by atoms with van der Waals surface area (Å²) >= 11 is 0. The molecule has 0 aliphatic rings. The highest BCUT2D eigenvalue weighted by atomic mass is 19.4. The Morgan fingerprint density at radius 2 is 1.48 bits per heavy atom. The van der Waals surface area contributed by atoms with Crippen LogP contribution in [0, 0.1) is 0 Å². The molecular formula is C16H21F3N2. The average molecular weight is 298 g/mol. The van der Waals surface area contributed by atoms with E-state index in [1.807, 2.05) is 53.7 Å². The molecule has 2 rings (SSSR count). The van der Waals surface area contributed by atoms with Gasteiger partial charge < -0.3 is 4.40 Å². The third-order valence-corrected chi connectivity index (χ3v) is 3.48. The van der Waals surface area contributed by atoms with Gasteiger partial charge in [-0.05, 0) is 11.5 Å². The fraction of sp³-hybridized carbons (Fsp3) is 0.562. The lowest BCUT2D eigenvalue weighted by Crippen LogP contribution is -2.19. The molecule has 0 bridgehead atoms. The third kappa shape index (κ3) is 2.92. The van der Waals surface area contributed by atoms with Gasteiger partial charge in [0, 0.05) is 22.9 Å². The van der Waals surface area contributed by atoms with Crippen LogP contribution in [0.2, 0.25) is 0 Å². The summed E-state index contributed by atoms with van der Waals surface area (Å²) in [5, 5.41) is 0. The van der Waals surface area contributed by atoms with Gasteiger partial charge in [0.25, 0.3) is 0 Å². The first-order valence-electron chi connectivity index (χ1n) is 6.92. The maximum Gasteiger partial charge on any atom is 0.434 e. The minimum Gasteiger partial charge on any atom is -0.303 e. The van der Waals surface area contributed by atoms with Crippen LogP contribution in [0.15, 0.2) is 18.3 Å². The molecule has 0 aliphatic heterocycles. The van der Waals surface area contributed by atoms with Gasteiger partial charge in [-0.1, -0.05) is 47.6 Å². The third-order valence-electron chi connectivity index (χ3n) is 3.48. The number of aromatic nitrogens is 2. The fourth-order valence-electron chi connectivity index (χ4n) is 2.40. The molecule has 5 heteroatoms. The first-order chi connectivity index (χ1) is 9.32. The van der Waals surface area contributed by atoms with Crippen molar-refractivity contribution in [2.24, 2.45) is 0 Å². The van der Waals surface area contributed by atoms with Crippen molar-refractivity contribution in [3.05, 3.63) is 35.3 Å². The zero-order valence-corrected chi connectivity index (χ0v) is 13.3. The number of nitrogens with zero attached hydrogens (tertiary/aromatic N) is 2. The van der Waals surface area contributed by atoms with Crippen LogP contribution in [-0.2, 0) is 17.0 Å². The number of imidazole rings is 1. The van der Waals surface area contributed by atoms with Gasteiger partial charge in [0.05, 0.1) is 0 Å². The van der Waals surface area contributed by atoms with Crippen molar-refractivity contribution in [3.8, 4) is 0 Å². The quantitative estimate of drug-likeness (QED) is 0.673. The predicted octanol–water partition coefficient (Wildman–Crippen LogP) is 4.95. The number of hydrogen-bond acceptors (Lipinski definition) is 1. The van der Waals surface area contributed by atoms with Crippen LogP contribution in [0.25, 0.3) is 5.65 Å². The topological polar surface area (TPSA) is 17.3 Å². The van der Waals surface area contributed by atoms with Crippen LogP contribution >= 0.6 is 0 Å². The van der Waals surface area contributed by atoms with Crippen molar-refractivity contribution >= 4 is 5.65 Å². The van der Waals surface area contributed by atoms with E-state index in [0.717, 1.165) is 17.5 Å². The van der Waals surface area contributed by atoms with Gasteiger partial charge in [-0.2, -0.15) is 13.2 Å². The van der Waals surface area contributed by atoms with Gasteiger partial charge in [-0.25, -0.2) is 4.98 Å². The van der Waals surface area contributed by atoms with E-state index in [2.05, 4.69) is 4.98 Å². The highest BCUT2D eigenvalue weighted by Gasteiger charge is 2.35. The summed E-state index contributed by atoms with van der Waals surface area (Å²) in [4.78, 5) is 3.86. The van der Waals surface area contributed by atoms with E-state index in [1.165, 1.54) is 0 Å². The second-order valence-corrected chi connectivity index (χ2v) is 7.45. The predicted molar refractivity (Wildman–Crippen MR) is 77.6 cm³/mol. The normalized spacial score (nSPS) is 14.0. The Kier molecular flexibility index (Phi) is 3.39. The molecule has 0 N–H and O–H groups in total. The molecule has 0 aliphatic carbocycles. The highest BCUT2D eigenvalue weighted by Crippen LogP contribution is 2.34. The monoisotopic (exact) mass is 298 g/mol. The van der Waals surface area contributed by atoms with Crippen molar-refractivity contribution in [2.75, 3.05) is 0 Å². The minimum atomic E-state index is -4.43. The fourth-order valence-corrected chi connectivity index (χ4v) is 2.40. The SMILES string of the molecule is CC(C)(C)c1ccc(C(C)(C)C)n2cc(C(F)(F)F)nc12. The van der Waals surface area contributed by atoms with E-state index in [9.17, 15) is 13.2 Å². The summed E-state index contributed by atoms with van der Waals surface area (Å²) in [5.41, 5.74) is 0.635. The van der Waals surface area contributed by atoms with Gasteiger partial charge >= 0.3 is 6.18 Å². The molecule has 0 spiro atoms. The van der Waals surface area contributed by atoms with Gasteiger partial charge in [0.15, 0.2) is 5.69 Å². The molecule has 21 heavy (non-hydrogen) atoms. The van der Waals surface area contributed by atoms with Crippen molar-refractivity contribution in [3.63, 3.8) is 0 Å². The second kappa shape index (κ2) is 4.49. The van der Waals surface area contributed by atoms with Gasteiger partial charge in [-0.3, -0.25) is 0 Å². The van der Waals surface area contributed by atoms with Crippen molar-refractivity contribution in [1.29, 1.82) is 0 Å². The number of fused-ring (bicyclic) bond motifs is 1. The molecule has 0 fully saturated rings. The molecule has 0 atom stereocenters. The summed E-state index contributed by atoms with van der Waals surface area (Å²) in [6, 6.07) is 3.79. The van der Waals surface area contributed by atoms with Gasteiger partial charge in [-0.15, -0.1) is 0 Å². The maximum absolute atomic E-state index is 13.0. The first-order valence-corrected chi connectivity index (χ1v) is 6.92. The van der Waals surface area contributed by atoms with Crippen LogP contribution < -0.4 is 0 Å². The van der Waals surface area contributed by atoms with E-state index in [4.69, 9.17) is 0 Å². The van der Waals surface area contributed by atoms with Crippen LogP contribution in [0.4, 0.5) is 13.2 Å². The summed E-state index contributed by atoms with van der Waals surface area (Å²) in [6.45, 7) is 11.9. The molecule has 2 nitrogen and oxygen atoms in total. The molecular weight excluding hydrogens is 277 g/mol. The van der Waals surface area contributed by atoms with E-state index >= 15 is 0 Å². The molecule has 0 saturated heterocycles. The van der Waals surface area contributed by atoms with Gasteiger partial charge in [0.2, 0.25) is 0 Å². The lowest BCUT2D eigenvalue weighted by atomic mass is 9.85. The Balaban J connectivity index is 2.86. The molecule has 0 saturated carbocycles. The molecule has 2 heterocycles. The summed E-state index contributed by atoms with van der Waals surface area (Å²) in [7, 11) is 0. The minimum absolute atomic E-state index is 0.266. The largest absolute Gasteiger partial charge is 0.434 e. The molecule has 0 amide bonds. The number of halogens is 3. The Morgan fingerprint density at radius 3 is 1.90 bits per heavy atom. The van der Waals surface area contributed by atoms with Crippen molar-refractivity contribution in [1.82, 2.24) is 9.38 Å².